The summed E-state index contributed by atoms with van der Waals surface area (Å²) < 4.78 is 2.28. The molecule has 0 saturated carbocycles. The van der Waals surface area contributed by atoms with Gasteiger partial charge in [-0.05, 0) is 29.5 Å². The average Bonchev–Trinajstić information content (AvgIpc) is 2.79. The van der Waals surface area contributed by atoms with E-state index in [1.807, 2.05) is 34.9 Å². The van der Waals surface area contributed by atoms with Crippen molar-refractivity contribution in [2.45, 2.75) is 33.2 Å². The second-order valence-electron chi connectivity index (χ2n) is 4.41. The highest BCUT2D eigenvalue weighted by molar-refractivity contribution is 14.1. The molecule has 0 saturated heterocycles. The van der Waals surface area contributed by atoms with Crippen molar-refractivity contribution in [2.24, 2.45) is 0 Å². The topological polar surface area (TPSA) is 47.8 Å². The third-order valence-electron chi connectivity index (χ3n) is 2.55. The van der Waals surface area contributed by atoms with E-state index in [0.29, 0.717) is 16.0 Å². The molecular formula is C12H14IN3OS. The summed E-state index contributed by atoms with van der Waals surface area (Å²) in [6.45, 7) is 6.56. The van der Waals surface area contributed by atoms with Crippen molar-refractivity contribution in [1.29, 1.82) is 0 Å². The first-order valence-corrected chi connectivity index (χ1v) is 7.60. The first kappa shape index (κ1) is 13.7. The Kier molecular flexibility index (Phi) is 4.16. The first-order valence-electron chi connectivity index (χ1n) is 5.65. The SMILES string of the molecule is Cc1ncn(Cc2csc(C(C)C)n2)c(=O)c1I. The van der Waals surface area contributed by atoms with Crippen molar-refractivity contribution in [3.05, 3.63) is 42.0 Å². The number of aromatic nitrogens is 3. The molecule has 0 aliphatic carbocycles. The smallest absolute Gasteiger partial charge is 0.267 e. The summed E-state index contributed by atoms with van der Waals surface area (Å²) in [5, 5.41) is 3.11. The zero-order valence-electron chi connectivity index (χ0n) is 10.5. The minimum absolute atomic E-state index is 0.00203. The van der Waals surface area contributed by atoms with Gasteiger partial charge in [-0.3, -0.25) is 9.36 Å². The van der Waals surface area contributed by atoms with Crippen LogP contribution in [0.2, 0.25) is 0 Å². The molecule has 0 fully saturated rings. The Morgan fingerprint density at radius 1 is 1.50 bits per heavy atom. The molecule has 0 bridgehead atoms. The van der Waals surface area contributed by atoms with Crippen molar-refractivity contribution in [3.63, 3.8) is 0 Å². The van der Waals surface area contributed by atoms with Crippen LogP contribution in [0, 0.1) is 10.5 Å². The molecule has 96 valence electrons. The fraction of sp³-hybridized carbons (Fsp3) is 0.417. The van der Waals surface area contributed by atoms with E-state index in [2.05, 4.69) is 23.8 Å². The normalized spacial score (nSPS) is 11.2. The Hall–Kier alpha value is -0.760. The van der Waals surface area contributed by atoms with E-state index in [0.717, 1.165) is 16.4 Å². The Balaban J connectivity index is 2.29. The molecule has 6 heteroatoms. The average molecular weight is 375 g/mol. The molecule has 0 aliphatic heterocycles. The lowest BCUT2D eigenvalue weighted by atomic mass is 10.2. The van der Waals surface area contributed by atoms with E-state index in [1.54, 1.807) is 22.2 Å². The number of halogens is 1. The maximum Gasteiger partial charge on any atom is 0.267 e. The molecule has 0 N–H and O–H groups in total. The van der Waals surface area contributed by atoms with Gasteiger partial charge in [0.15, 0.2) is 0 Å². The zero-order valence-corrected chi connectivity index (χ0v) is 13.4. The second kappa shape index (κ2) is 5.48. The predicted octanol–water partition coefficient (Wildman–Crippen LogP) is 2.78. The predicted molar refractivity (Wildman–Crippen MR) is 81.3 cm³/mol. The molecule has 0 aromatic carbocycles. The van der Waals surface area contributed by atoms with Crippen LogP contribution in [0.25, 0.3) is 0 Å². The van der Waals surface area contributed by atoms with Crippen LogP contribution >= 0.6 is 33.9 Å². The van der Waals surface area contributed by atoms with E-state index >= 15 is 0 Å². The highest BCUT2D eigenvalue weighted by Crippen LogP contribution is 2.19. The number of hydrogen-bond donors (Lipinski definition) is 0. The van der Waals surface area contributed by atoms with Gasteiger partial charge in [0, 0.05) is 11.3 Å². The largest absolute Gasteiger partial charge is 0.292 e. The zero-order chi connectivity index (χ0) is 13.3. The molecule has 18 heavy (non-hydrogen) atoms. The summed E-state index contributed by atoms with van der Waals surface area (Å²) in [5.41, 5.74) is 1.70. The quantitative estimate of drug-likeness (QED) is 0.776. The van der Waals surface area contributed by atoms with Gasteiger partial charge in [0.2, 0.25) is 0 Å². The van der Waals surface area contributed by atoms with Crippen LogP contribution in [-0.2, 0) is 6.54 Å². The van der Waals surface area contributed by atoms with E-state index in [4.69, 9.17) is 0 Å². The molecule has 0 atom stereocenters. The van der Waals surface area contributed by atoms with Crippen molar-refractivity contribution < 1.29 is 0 Å². The summed E-state index contributed by atoms with van der Waals surface area (Å²) in [4.78, 5) is 20.8. The number of hydrogen-bond acceptors (Lipinski definition) is 4. The maximum atomic E-state index is 12.0. The van der Waals surface area contributed by atoms with E-state index in [9.17, 15) is 4.79 Å². The summed E-state index contributed by atoms with van der Waals surface area (Å²) in [5.74, 6) is 0.428. The van der Waals surface area contributed by atoms with Crippen LogP contribution in [0.15, 0.2) is 16.5 Å². The van der Waals surface area contributed by atoms with E-state index in [-0.39, 0.29) is 5.56 Å². The standard InChI is InChI=1S/C12H14IN3OS/c1-7(2)11-15-9(5-18-11)4-16-6-14-8(3)10(13)12(16)17/h5-7H,4H2,1-3H3. The van der Waals surface area contributed by atoms with Crippen molar-refractivity contribution in [3.8, 4) is 0 Å². The maximum absolute atomic E-state index is 12.0. The minimum Gasteiger partial charge on any atom is -0.292 e. The Labute approximate surface area is 123 Å². The van der Waals surface area contributed by atoms with E-state index < -0.39 is 0 Å². The fourth-order valence-corrected chi connectivity index (χ4v) is 2.77. The van der Waals surface area contributed by atoms with Gasteiger partial charge in [-0.2, -0.15) is 0 Å². The number of thiazole rings is 1. The highest BCUT2D eigenvalue weighted by Gasteiger charge is 2.09. The van der Waals surface area contributed by atoms with Gasteiger partial charge in [0.05, 0.1) is 32.8 Å². The van der Waals surface area contributed by atoms with Gasteiger partial charge < -0.3 is 0 Å². The van der Waals surface area contributed by atoms with Crippen LogP contribution in [0.3, 0.4) is 0 Å². The number of aryl methyl sites for hydroxylation is 1. The highest BCUT2D eigenvalue weighted by atomic mass is 127. The molecule has 4 nitrogen and oxygen atoms in total. The molecular weight excluding hydrogens is 361 g/mol. The van der Waals surface area contributed by atoms with Crippen LogP contribution in [0.1, 0.15) is 36.2 Å². The summed E-state index contributed by atoms with van der Waals surface area (Å²) in [6.07, 6.45) is 1.59. The van der Waals surface area contributed by atoms with Crippen LogP contribution in [-0.4, -0.2) is 14.5 Å². The van der Waals surface area contributed by atoms with Crippen molar-refractivity contribution in [2.75, 3.05) is 0 Å². The molecule has 2 aromatic heterocycles. The Bertz CT molecular complexity index is 618. The van der Waals surface area contributed by atoms with Crippen LogP contribution < -0.4 is 5.56 Å². The van der Waals surface area contributed by atoms with Gasteiger partial charge >= 0.3 is 0 Å². The lowest BCUT2D eigenvalue weighted by molar-refractivity contribution is 0.705. The summed E-state index contributed by atoms with van der Waals surface area (Å²) in [6, 6.07) is 0. The lowest BCUT2D eigenvalue weighted by Gasteiger charge is -2.05. The molecule has 0 unspecified atom stereocenters. The van der Waals surface area contributed by atoms with Gasteiger partial charge in [-0.25, -0.2) is 9.97 Å². The molecule has 0 aliphatic rings. The Morgan fingerprint density at radius 2 is 2.22 bits per heavy atom. The second-order valence-corrected chi connectivity index (χ2v) is 6.38. The number of rotatable bonds is 3. The molecule has 2 rings (SSSR count). The van der Waals surface area contributed by atoms with Crippen molar-refractivity contribution >= 4 is 33.9 Å². The lowest BCUT2D eigenvalue weighted by Crippen LogP contribution is -2.24. The molecule has 0 spiro atoms. The number of nitrogens with zero attached hydrogens (tertiary/aromatic N) is 3. The van der Waals surface area contributed by atoms with Gasteiger partial charge in [0.1, 0.15) is 0 Å². The Morgan fingerprint density at radius 3 is 2.83 bits per heavy atom. The summed E-state index contributed by atoms with van der Waals surface area (Å²) >= 11 is 3.68. The van der Waals surface area contributed by atoms with Gasteiger partial charge in [0.25, 0.3) is 5.56 Å². The third kappa shape index (κ3) is 2.80. The van der Waals surface area contributed by atoms with Gasteiger partial charge in [-0.1, -0.05) is 13.8 Å². The molecule has 2 aromatic rings. The third-order valence-corrected chi connectivity index (χ3v) is 4.99. The fourth-order valence-electron chi connectivity index (χ4n) is 1.49. The molecule has 0 amide bonds. The first-order chi connectivity index (χ1) is 8.49. The van der Waals surface area contributed by atoms with Gasteiger partial charge in [-0.15, -0.1) is 11.3 Å². The molecule has 2 heterocycles. The monoisotopic (exact) mass is 375 g/mol. The van der Waals surface area contributed by atoms with Crippen LogP contribution in [0.4, 0.5) is 0 Å². The van der Waals surface area contributed by atoms with E-state index in [1.165, 1.54) is 0 Å². The molecule has 0 radical (unpaired) electrons. The summed E-state index contributed by atoms with van der Waals surface area (Å²) in [7, 11) is 0. The van der Waals surface area contributed by atoms with Crippen LogP contribution in [0.5, 0.6) is 0 Å². The van der Waals surface area contributed by atoms with Crippen molar-refractivity contribution in [1.82, 2.24) is 14.5 Å². The minimum atomic E-state index is 0.00203.